The molecule has 0 unspecified atom stereocenters. The Labute approximate surface area is 164 Å². The molecule has 0 radical (unpaired) electrons. The van der Waals surface area contributed by atoms with Crippen molar-refractivity contribution in [1.82, 2.24) is 0 Å². The fourth-order valence-corrected chi connectivity index (χ4v) is 5.38. The van der Waals surface area contributed by atoms with Crippen molar-refractivity contribution in [3.63, 3.8) is 0 Å². The number of hydrogen-bond donors (Lipinski definition) is 2. The highest BCUT2D eigenvalue weighted by atomic mass is 79.9. The molecule has 0 atom stereocenters. The van der Waals surface area contributed by atoms with Gasteiger partial charge in [0.15, 0.2) is 9.84 Å². The predicted molar refractivity (Wildman–Crippen MR) is 102 cm³/mol. The van der Waals surface area contributed by atoms with Crippen LogP contribution in [0.3, 0.4) is 0 Å². The first-order valence-corrected chi connectivity index (χ1v) is 11.2. The van der Waals surface area contributed by atoms with Crippen molar-refractivity contribution in [1.29, 1.82) is 0 Å². The summed E-state index contributed by atoms with van der Waals surface area (Å²) in [6.45, 7) is 3.34. The van der Waals surface area contributed by atoms with Gasteiger partial charge in [-0.3, -0.25) is 4.79 Å². The zero-order valence-electron chi connectivity index (χ0n) is 13.6. The maximum Gasteiger partial charge on any atom is 0.257 e. The van der Waals surface area contributed by atoms with Gasteiger partial charge in [0.05, 0.1) is 26.4 Å². The molecule has 2 rings (SSSR count). The first kappa shape index (κ1) is 21.2. The molecule has 0 aromatic heterocycles. The summed E-state index contributed by atoms with van der Waals surface area (Å²) >= 11 is 2.85. The molecule has 0 aliphatic rings. The number of para-hydroxylation sites is 1. The zero-order chi connectivity index (χ0) is 20.4. The lowest BCUT2D eigenvalue weighted by molar-refractivity contribution is 0.102. The van der Waals surface area contributed by atoms with Crippen LogP contribution in [0.4, 0.5) is 10.1 Å². The fraction of sp³-hybridized carbons (Fsp3) is 0.0625. The minimum Gasteiger partial charge on any atom is -0.321 e. The minimum absolute atomic E-state index is 0.141. The molecular weight excluding hydrogens is 463 g/mol. The van der Waals surface area contributed by atoms with Crippen LogP contribution in [-0.2, 0) is 19.9 Å². The molecule has 144 valence electrons. The van der Waals surface area contributed by atoms with Crippen LogP contribution in [0.1, 0.15) is 10.4 Å². The largest absolute Gasteiger partial charge is 0.321 e. The lowest BCUT2D eigenvalue weighted by Crippen LogP contribution is -2.21. The third-order valence-electron chi connectivity index (χ3n) is 3.38. The van der Waals surface area contributed by atoms with Gasteiger partial charge in [-0.2, -0.15) is 0 Å². The molecule has 27 heavy (non-hydrogen) atoms. The molecule has 1 amide bonds. The van der Waals surface area contributed by atoms with Crippen molar-refractivity contribution in [2.75, 3.05) is 11.1 Å². The number of halogens is 2. The summed E-state index contributed by atoms with van der Waals surface area (Å²) in [5.74, 6) is -2.35. The molecule has 0 aliphatic heterocycles. The van der Waals surface area contributed by atoms with Crippen LogP contribution < -0.4 is 10.5 Å². The zero-order valence-corrected chi connectivity index (χ0v) is 16.9. The SMILES string of the molecule is C=CCS(=O)(=O)c1c(C(=O)Nc2ccccc2S(N)(=O)=O)ccc(F)c1Br. The lowest BCUT2D eigenvalue weighted by Gasteiger charge is -2.14. The highest BCUT2D eigenvalue weighted by molar-refractivity contribution is 9.10. The standard InChI is InChI=1S/C16H14BrFN2O5S2/c1-2-9-26(22,23)15-10(7-8-11(18)14(15)17)16(21)20-12-5-3-4-6-13(12)27(19,24)25/h2-8H,1,9H2,(H,20,21)(H2,19,24,25). The number of primary sulfonamides is 1. The van der Waals surface area contributed by atoms with Gasteiger partial charge in [0, 0.05) is 0 Å². The second kappa shape index (κ2) is 7.89. The molecule has 0 aliphatic carbocycles. The number of sulfonamides is 1. The number of carbonyl (C=O) groups is 1. The summed E-state index contributed by atoms with van der Waals surface area (Å²) in [7, 11) is -8.22. The van der Waals surface area contributed by atoms with Crippen LogP contribution in [0.15, 0.2) is 63.3 Å². The quantitative estimate of drug-likeness (QED) is 0.619. The molecule has 0 heterocycles. The Morgan fingerprint density at radius 2 is 1.81 bits per heavy atom. The number of sulfone groups is 1. The molecule has 0 saturated carbocycles. The second-order valence-electron chi connectivity index (χ2n) is 5.30. The summed E-state index contributed by atoms with van der Waals surface area (Å²) in [4.78, 5) is 11.7. The normalized spacial score (nSPS) is 11.8. The molecule has 2 aromatic carbocycles. The molecular formula is C16H14BrFN2O5S2. The van der Waals surface area contributed by atoms with Crippen molar-refractivity contribution in [3.8, 4) is 0 Å². The number of anilines is 1. The van der Waals surface area contributed by atoms with E-state index in [9.17, 15) is 26.0 Å². The molecule has 0 bridgehead atoms. The molecule has 0 spiro atoms. The first-order chi connectivity index (χ1) is 12.5. The van der Waals surface area contributed by atoms with Crippen molar-refractivity contribution in [3.05, 3.63) is 64.9 Å². The van der Waals surface area contributed by atoms with Gasteiger partial charge in [0.2, 0.25) is 10.0 Å². The molecule has 7 nitrogen and oxygen atoms in total. The van der Waals surface area contributed by atoms with E-state index in [-0.39, 0.29) is 16.1 Å². The van der Waals surface area contributed by atoms with E-state index >= 15 is 0 Å². The Balaban J connectivity index is 2.60. The number of benzene rings is 2. The van der Waals surface area contributed by atoms with E-state index in [0.717, 1.165) is 18.2 Å². The summed E-state index contributed by atoms with van der Waals surface area (Å²) in [5.41, 5.74) is -0.508. The number of amides is 1. The van der Waals surface area contributed by atoms with E-state index in [1.807, 2.05) is 0 Å². The lowest BCUT2D eigenvalue weighted by atomic mass is 10.2. The van der Waals surface area contributed by atoms with Gasteiger partial charge in [0.25, 0.3) is 5.91 Å². The van der Waals surface area contributed by atoms with Gasteiger partial charge in [-0.15, -0.1) is 6.58 Å². The molecule has 0 fully saturated rings. The number of nitrogens with one attached hydrogen (secondary N) is 1. The molecule has 0 saturated heterocycles. The highest BCUT2D eigenvalue weighted by Crippen LogP contribution is 2.31. The van der Waals surface area contributed by atoms with E-state index in [2.05, 4.69) is 27.8 Å². The van der Waals surface area contributed by atoms with Gasteiger partial charge < -0.3 is 5.32 Å². The van der Waals surface area contributed by atoms with Crippen LogP contribution in [0.2, 0.25) is 0 Å². The van der Waals surface area contributed by atoms with E-state index in [1.54, 1.807) is 0 Å². The maximum absolute atomic E-state index is 13.9. The first-order valence-electron chi connectivity index (χ1n) is 7.24. The third kappa shape index (κ3) is 4.61. The third-order valence-corrected chi connectivity index (χ3v) is 7.11. The number of nitrogens with two attached hydrogens (primary N) is 1. The summed E-state index contributed by atoms with van der Waals surface area (Å²) in [5, 5.41) is 7.41. The predicted octanol–water partition coefficient (Wildman–Crippen LogP) is 2.45. The van der Waals surface area contributed by atoms with Crippen molar-refractivity contribution in [2.24, 2.45) is 5.14 Å². The van der Waals surface area contributed by atoms with Gasteiger partial charge >= 0.3 is 0 Å². The van der Waals surface area contributed by atoms with Crippen molar-refractivity contribution < 1.29 is 26.0 Å². The number of carbonyl (C=O) groups excluding carboxylic acids is 1. The fourth-order valence-electron chi connectivity index (χ4n) is 2.26. The Hall–Kier alpha value is -2.08. The number of hydrogen-bond acceptors (Lipinski definition) is 5. The van der Waals surface area contributed by atoms with Gasteiger partial charge in [-0.1, -0.05) is 18.2 Å². The molecule has 2 aromatic rings. The Bertz CT molecular complexity index is 1130. The summed E-state index contributed by atoms with van der Waals surface area (Å²) in [6.07, 6.45) is 1.10. The molecule has 3 N–H and O–H groups in total. The summed E-state index contributed by atoms with van der Waals surface area (Å²) < 4.78 is 61.6. The van der Waals surface area contributed by atoms with Crippen LogP contribution in [0.5, 0.6) is 0 Å². The van der Waals surface area contributed by atoms with Crippen molar-refractivity contribution >= 4 is 47.4 Å². The second-order valence-corrected chi connectivity index (χ2v) is 9.60. The minimum atomic E-state index is -4.14. The number of rotatable bonds is 6. The van der Waals surface area contributed by atoms with Crippen LogP contribution in [0.25, 0.3) is 0 Å². The van der Waals surface area contributed by atoms with Crippen molar-refractivity contribution in [2.45, 2.75) is 9.79 Å². The maximum atomic E-state index is 13.9. The van der Waals surface area contributed by atoms with Gasteiger partial charge in [-0.05, 0) is 40.2 Å². The Morgan fingerprint density at radius 3 is 2.41 bits per heavy atom. The van der Waals surface area contributed by atoms with Crippen LogP contribution >= 0.6 is 15.9 Å². The smallest absolute Gasteiger partial charge is 0.257 e. The van der Waals surface area contributed by atoms with Crippen LogP contribution in [0, 0.1) is 5.82 Å². The van der Waals surface area contributed by atoms with Crippen LogP contribution in [-0.4, -0.2) is 28.5 Å². The van der Waals surface area contributed by atoms with E-state index < -0.39 is 46.7 Å². The van der Waals surface area contributed by atoms with Gasteiger partial charge in [0.1, 0.15) is 10.7 Å². The average molecular weight is 477 g/mol. The monoisotopic (exact) mass is 476 g/mol. The van der Waals surface area contributed by atoms with E-state index in [1.165, 1.54) is 24.3 Å². The Morgan fingerprint density at radius 1 is 1.19 bits per heavy atom. The van der Waals surface area contributed by atoms with E-state index in [4.69, 9.17) is 5.14 Å². The van der Waals surface area contributed by atoms with Gasteiger partial charge in [-0.25, -0.2) is 26.4 Å². The average Bonchev–Trinajstić information content (AvgIpc) is 2.56. The Kier molecular flexibility index (Phi) is 6.20. The summed E-state index contributed by atoms with van der Waals surface area (Å²) in [6, 6.07) is 7.24. The molecule has 11 heteroatoms. The highest BCUT2D eigenvalue weighted by Gasteiger charge is 2.27. The van der Waals surface area contributed by atoms with E-state index in [0.29, 0.717) is 0 Å². The topological polar surface area (TPSA) is 123 Å².